The van der Waals surface area contributed by atoms with Gasteiger partial charge in [-0.2, -0.15) is 4.98 Å². The smallest absolute Gasteiger partial charge is 0.224 e. The van der Waals surface area contributed by atoms with Crippen molar-refractivity contribution in [1.29, 1.82) is 0 Å². The van der Waals surface area contributed by atoms with Crippen LogP contribution in [0.2, 0.25) is 0 Å². The molecule has 34 heavy (non-hydrogen) atoms. The number of hydrogen-bond acceptors (Lipinski definition) is 11. The van der Waals surface area contributed by atoms with Gasteiger partial charge in [-0.25, -0.2) is 9.97 Å². The highest BCUT2D eigenvalue weighted by Gasteiger charge is 2.41. The largest absolute Gasteiger partial charge is 0.396 e. The zero-order chi connectivity index (χ0) is 23.7. The van der Waals surface area contributed by atoms with E-state index in [0.29, 0.717) is 24.7 Å². The number of thiazole rings is 1. The molecular weight excluding hydrogens is 480 g/mol. The van der Waals surface area contributed by atoms with Crippen LogP contribution >= 0.6 is 23.7 Å². The van der Waals surface area contributed by atoms with Crippen molar-refractivity contribution >= 4 is 45.7 Å². The van der Waals surface area contributed by atoms with Crippen LogP contribution in [0.5, 0.6) is 0 Å². The Morgan fingerprint density at radius 2 is 1.97 bits per heavy atom. The Balaban J connectivity index is 0.00000324. The van der Waals surface area contributed by atoms with Gasteiger partial charge in [0.05, 0.1) is 40.4 Å². The molecule has 0 radical (unpaired) electrons. The molecule has 0 amide bonds. The predicted octanol–water partition coefficient (Wildman–Crippen LogP) is 2.15. The standard InChI is InChI=1S/C22H30N6O4S.ClH/c1-10-5-16-15(8-23-10)27-21(33-16)17-12(3)25-22(24-7-11(2)32-4)28-20(17)26-14-6-13(9-29)18(30)19(14)31;/h5,8,11,13-14,18-19,29-31H,6-7,9H2,1-4H3,(H2,24,25,26,28);1H/t11-,13-,14-,18-,19+;/m1./s1. The summed E-state index contributed by atoms with van der Waals surface area (Å²) in [6, 6.07) is 1.51. The fourth-order valence-corrected chi connectivity index (χ4v) is 5.12. The Morgan fingerprint density at radius 3 is 2.65 bits per heavy atom. The molecule has 12 heteroatoms. The summed E-state index contributed by atoms with van der Waals surface area (Å²) in [6.07, 6.45) is 0.0993. The summed E-state index contributed by atoms with van der Waals surface area (Å²) in [5, 5.41) is 37.6. The molecule has 3 aromatic rings. The lowest BCUT2D eigenvalue weighted by Gasteiger charge is -2.21. The zero-order valence-electron chi connectivity index (χ0n) is 19.5. The first-order valence-electron chi connectivity index (χ1n) is 10.9. The number of nitrogens with one attached hydrogen (secondary N) is 2. The average Bonchev–Trinajstić information content (AvgIpc) is 3.32. The van der Waals surface area contributed by atoms with E-state index < -0.39 is 24.2 Å². The van der Waals surface area contributed by atoms with Crippen LogP contribution < -0.4 is 10.6 Å². The molecule has 0 saturated heterocycles. The summed E-state index contributed by atoms with van der Waals surface area (Å²) in [6.45, 7) is 6.09. The van der Waals surface area contributed by atoms with Crippen LogP contribution in [-0.2, 0) is 4.74 Å². The summed E-state index contributed by atoms with van der Waals surface area (Å²) in [7, 11) is 1.64. The first-order chi connectivity index (χ1) is 15.8. The van der Waals surface area contributed by atoms with Gasteiger partial charge >= 0.3 is 0 Å². The van der Waals surface area contributed by atoms with E-state index in [1.54, 1.807) is 13.3 Å². The Bertz CT molecular complexity index is 1130. The third kappa shape index (κ3) is 5.40. The molecule has 10 nitrogen and oxygen atoms in total. The fourth-order valence-electron chi connectivity index (χ4n) is 3.99. The second-order valence-electron chi connectivity index (χ2n) is 8.51. The number of ether oxygens (including phenoxy) is 1. The lowest BCUT2D eigenvalue weighted by Crippen LogP contribution is -2.35. The Hall–Kier alpha value is -2.15. The molecule has 1 fully saturated rings. The third-order valence-electron chi connectivity index (χ3n) is 6.02. The minimum absolute atomic E-state index is 0. The summed E-state index contributed by atoms with van der Waals surface area (Å²) < 4.78 is 6.30. The van der Waals surface area contributed by atoms with E-state index in [2.05, 4.69) is 25.6 Å². The maximum absolute atomic E-state index is 10.6. The minimum atomic E-state index is -1.03. The molecule has 0 bridgehead atoms. The molecule has 5 N–H and O–H groups in total. The monoisotopic (exact) mass is 510 g/mol. The van der Waals surface area contributed by atoms with Gasteiger partial charge in [0.1, 0.15) is 22.4 Å². The van der Waals surface area contributed by atoms with Crippen LogP contribution in [0, 0.1) is 19.8 Å². The van der Waals surface area contributed by atoms with Crippen LogP contribution in [0.1, 0.15) is 24.7 Å². The molecule has 1 aliphatic rings. The van der Waals surface area contributed by atoms with Gasteiger partial charge < -0.3 is 30.7 Å². The maximum atomic E-state index is 10.6. The zero-order valence-corrected chi connectivity index (χ0v) is 21.2. The number of halogens is 1. The number of pyridine rings is 1. The van der Waals surface area contributed by atoms with Crippen molar-refractivity contribution in [2.75, 3.05) is 30.9 Å². The first-order valence-corrected chi connectivity index (χ1v) is 11.7. The van der Waals surface area contributed by atoms with Crippen LogP contribution in [0.15, 0.2) is 12.3 Å². The summed E-state index contributed by atoms with van der Waals surface area (Å²) in [5.41, 5.74) is 3.15. The highest BCUT2D eigenvalue weighted by Crippen LogP contribution is 2.38. The quantitative estimate of drug-likeness (QED) is 0.305. The van der Waals surface area contributed by atoms with Gasteiger partial charge in [0.25, 0.3) is 0 Å². The number of aliphatic hydroxyl groups is 3. The summed E-state index contributed by atoms with van der Waals surface area (Å²) >= 11 is 1.52. The molecule has 4 rings (SSSR count). The van der Waals surface area contributed by atoms with Gasteiger partial charge in [-0.05, 0) is 33.3 Å². The molecule has 186 valence electrons. The van der Waals surface area contributed by atoms with E-state index in [1.165, 1.54) is 11.3 Å². The second-order valence-corrected chi connectivity index (χ2v) is 9.54. The lowest BCUT2D eigenvalue weighted by atomic mass is 10.1. The fraction of sp³-hybridized carbons (Fsp3) is 0.545. The molecule has 5 atom stereocenters. The van der Waals surface area contributed by atoms with Crippen molar-refractivity contribution in [3.8, 4) is 10.6 Å². The topological polar surface area (TPSA) is 146 Å². The van der Waals surface area contributed by atoms with E-state index in [1.807, 2.05) is 26.8 Å². The van der Waals surface area contributed by atoms with Gasteiger partial charge in [0, 0.05) is 31.9 Å². The highest BCUT2D eigenvalue weighted by molar-refractivity contribution is 7.21. The third-order valence-corrected chi connectivity index (χ3v) is 7.06. The van der Waals surface area contributed by atoms with Gasteiger partial charge in [-0.1, -0.05) is 0 Å². The molecule has 3 heterocycles. The van der Waals surface area contributed by atoms with Crippen molar-refractivity contribution < 1.29 is 20.1 Å². The Kier molecular flexibility index (Phi) is 8.61. The van der Waals surface area contributed by atoms with Crippen molar-refractivity contribution in [2.45, 2.75) is 51.5 Å². The maximum Gasteiger partial charge on any atom is 0.224 e. The number of aliphatic hydroxyl groups excluding tert-OH is 3. The predicted molar refractivity (Wildman–Crippen MR) is 135 cm³/mol. The number of hydrogen-bond donors (Lipinski definition) is 5. The number of methoxy groups -OCH3 is 1. The lowest BCUT2D eigenvalue weighted by molar-refractivity contribution is 0.00446. The molecule has 1 aliphatic carbocycles. The van der Waals surface area contributed by atoms with Crippen LogP contribution in [0.4, 0.5) is 11.8 Å². The summed E-state index contributed by atoms with van der Waals surface area (Å²) in [5.74, 6) is 0.530. The Morgan fingerprint density at radius 1 is 1.21 bits per heavy atom. The van der Waals surface area contributed by atoms with Crippen molar-refractivity contribution in [3.05, 3.63) is 23.7 Å². The number of nitrogens with zero attached hydrogens (tertiary/aromatic N) is 4. The van der Waals surface area contributed by atoms with Crippen molar-refractivity contribution in [2.24, 2.45) is 5.92 Å². The van der Waals surface area contributed by atoms with Crippen LogP contribution in [0.3, 0.4) is 0 Å². The minimum Gasteiger partial charge on any atom is -0.396 e. The second kappa shape index (κ2) is 11.1. The molecule has 0 spiro atoms. The van der Waals surface area contributed by atoms with Crippen LogP contribution in [0.25, 0.3) is 20.8 Å². The van der Waals surface area contributed by atoms with Gasteiger partial charge in [0.15, 0.2) is 0 Å². The van der Waals surface area contributed by atoms with E-state index in [0.717, 1.165) is 32.2 Å². The van der Waals surface area contributed by atoms with E-state index in [-0.39, 0.29) is 25.1 Å². The molecule has 3 aromatic heterocycles. The molecule has 0 aliphatic heterocycles. The number of aromatic nitrogens is 4. The van der Waals surface area contributed by atoms with Crippen LogP contribution in [-0.4, -0.2) is 79.9 Å². The van der Waals surface area contributed by atoms with E-state index in [4.69, 9.17) is 9.72 Å². The van der Waals surface area contributed by atoms with E-state index >= 15 is 0 Å². The van der Waals surface area contributed by atoms with Gasteiger partial charge in [0.2, 0.25) is 5.95 Å². The number of rotatable bonds is 8. The van der Waals surface area contributed by atoms with E-state index in [9.17, 15) is 15.3 Å². The normalized spacial score (nSPS) is 23.0. The van der Waals surface area contributed by atoms with Crippen molar-refractivity contribution in [1.82, 2.24) is 19.9 Å². The average molecular weight is 511 g/mol. The molecule has 0 aromatic carbocycles. The van der Waals surface area contributed by atoms with Gasteiger partial charge in [-0.3, -0.25) is 4.98 Å². The number of anilines is 2. The first kappa shape index (κ1) is 26.5. The molecular formula is C22H31ClN6O4S. The number of aryl methyl sites for hydroxylation is 2. The molecule has 1 saturated carbocycles. The van der Waals surface area contributed by atoms with Gasteiger partial charge in [-0.15, -0.1) is 23.7 Å². The number of fused-ring (bicyclic) bond motifs is 1. The Labute approximate surface area is 208 Å². The molecule has 0 unspecified atom stereocenters. The van der Waals surface area contributed by atoms with Crippen molar-refractivity contribution in [3.63, 3.8) is 0 Å². The summed E-state index contributed by atoms with van der Waals surface area (Å²) in [4.78, 5) is 18.4. The SMILES string of the molecule is CO[C@H](C)CNc1nc(C)c(-c2nc3cnc(C)cc3s2)c(N[C@@H]2C[C@H](CO)[C@@H](O)[C@H]2O)n1.Cl. The highest BCUT2D eigenvalue weighted by atomic mass is 35.5.